The smallest absolute Gasteiger partial charge is 0.269 e. The molecule has 8 heteroatoms. The largest absolute Gasteiger partial charge is 0.319 e. The molecule has 0 amide bonds. The van der Waals surface area contributed by atoms with Crippen molar-refractivity contribution in [2.45, 2.75) is 11.8 Å². The highest BCUT2D eigenvalue weighted by molar-refractivity contribution is 9.10. The van der Waals surface area contributed by atoms with Crippen LogP contribution in [-0.4, -0.2) is 21.9 Å². The normalized spacial score (nSPS) is 11.8. The Bertz CT molecular complexity index is 1370. The van der Waals surface area contributed by atoms with Crippen LogP contribution in [-0.2, 0) is 17.1 Å². The maximum Gasteiger partial charge on any atom is 0.269 e. The number of benzene rings is 1. The summed E-state index contributed by atoms with van der Waals surface area (Å²) in [5.41, 5.74) is 1.94. The van der Waals surface area contributed by atoms with Gasteiger partial charge in [0.15, 0.2) is 5.65 Å². The minimum atomic E-state index is -3.92. The van der Waals surface area contributed by atoms with Crippen molar-refractivity contribution in [3.05, 3.63) is 81.3 Å². The van der Waals surface area contributed by atoms with Gasteiger partial charge < -0.3 is 4.57 Å². The first kappa shape index (κ1) is 18.6. The highest BCUT2D eigenvalue weighted by Gasteiger charge is 2.25. The lowest BCUT2D eigenvalue weighted by molar-refractivity contribution is 0.589. The second-order valence-electron chi connectivity index (χ2n) is 6.54. The molecule has 0 unspecified atom stereocenters. The van der Waals surface area contributed by atoms with Gasteiger partial charge in [-0.25, -0.2) is 17.4 Å². The molecule has 0 atom stereocenters. The van der Waals surface area contributed by atoms with Crippen molar-refractivity contribution in [1.82, 2.24) is 13.5 Å². The summed E-state index contributed by atoms with van der Waals surface area (Å²) in [6, 6.07) is 13.3. The third-order valence-corrected chi connectivity index (χ3v) is 6.68. The van der Waals surface area contributed by atoms with Gasteiger partial charge >= 0.3 is 0 Å². The Labute approximate surface area is 170 Å². The Balaban J connectivity index is 2.07. The topological polar surface area (TPSA) is 74.0 Å². The molecule has 0 radical (unpaired) electrons. The van der Waals surface area contributed by atoms with Crippen molar-refractivity contribution in [2.75, 3.05) is 0 Å². The number of rotatable bonds is 3. The summed E-state index contributed by atoms with van der Waals surface area (Å²) < 4.78 is 30.3. The highest BCUT2D eigenvalue weighted by atomic mass is 79.9. The van der Waals surface area contributed by atoms with Gasteiger partial charge in [-0.15, -0.1) is 0 Å². The van der Waals surface area contributed by atoms with Gasteiger partial charge in [0.2, 0.25) is 0 Å². The standard InChI is InChI=1S/C20H16BrN3O3S/c1-13-3-5-17(6-4-13)28(26,27)24-18(14-7-8-23(2)19(25)11-14)10-15-9-16(21)12-22-20(15)24/h3-12H,1-2H3. The van der Waals surface area contributed by atoms with Crippen molar-refractivity contribution < 1.29 is 8.42 Å². The molecule has 0 aliphatic rings. The fourth-order valence-corrected chi connectivity index (χ4v) is 4.85. The van der Waals surface area contributed by atoms with Crippen molar-refractivity contribution in [2.24, 2.45) is 7.05 Å². The number of fused-ring (bicyclic) bond motifs is 1. The molecule has 6 nitrogen and oxygen atoms in total. The van der Waals surface area contributed by atoms with Crippen LogP contribution >= 0.6 is 15.9 Å². The van der Waals surface area contributed by atoms with E-state index in [1.54, 1.807) is 61.9 Å². The van der Waals surface area contributed by atoms with E-state index in [2.05, 4.69) is 20.9 Å². The van der Waals surface area contributed by atoms with E-state index >= 15 is 0 Å². The van der Waals surface area contributed by atoms with Crippen LogP contribution in [0.5, 0.6) is 0 Å². The second-order valence-corrected chi connectivity index (χ2v) is 9.25. The molecule has 0 N–H and O–H groups in total. The van der Waals surface area contributed by atoms with Crippen LogP contribution in [0.1, 0.15) is 5.56 Å². The Morgan fingerprint density at radius 1 is 1.04 bits per heavy atom. The fourth-order valence-electron chi connectivity index (χ4n) is 3.01. The average molecular weight is 458 g/mol. The summed E-state index contributed by atoms with van der Waals surface area (Å²) in [4.78, 5) is 16.6. The van der Waals surface area contributed by atoms with Gasteiger partial charge in [-0.2, -0.15) is 0 Å². The van der Waals surface area contributed by atoms with Gasteiger partial charge in [0.05, 0.1) is 10.6 Å². The van der Waals surface area contributed by atoms with Gasteiger partial charge in [-0.3, -0.25) is 4.79 Å². The predicted molar refractivity (Wildman–Crippen MR) is 112 cm³/mol. The summed E-state index contributed by atoms with van der Waals surface area (Å²) >= 11 is 3.37. The molecule has 0 saturated heterocycles. The first-order valence-electron chi connectivity index (χ1n) is 8.44. The van der Waals surface area contributed by atoms with Crippen LogP contribution in [0.25, 0.3) is 22.3 Å². The van der Waals surface area contributed by atoms with E-state index in [1.165, 1.54) is 14.6 Å². The maximum atomic E-state index is 13.5. The van der Waals surface area contributed by atoms with E-state index in [9.17, 15) is 13.2 Å². The molecule has 0 aliphatic carbocycles. The molecule has 0 saturated carbocycles. The Morgan fingerprint density at radius 2 is 1.75 bits per heavy atom. The van der Waals surface area contributed by atoms with E-state index in [1.807, 2.05) is 6.92 Å². The molecular weight excluding hydrogens is 442 g/mol. The molecular formula is C20H16BrN3O3S. The summed E-state index contributed by atoms with van der Waals surface area (Å²) in [5.74, 6) is 0. The molecule has 0 fully saturated rings. The van der Waals surface area contributed by atoms with Crippen molar-refractivity contribution in [3.63, 3.8) is 0 Å². The Morgan fingerprint density at radius 3 is 2.43 bits per heavy atom. The van der Waals surface area contributed by atoms with Crippen LogP contribution in [0.4, 0.5) is 0 Å². The SMILES string of the molecule is Cc1ccc(S(=O)(=O)n2c(-c3ccn(C)c(=O)c3)cc3cc(Br)cnc32)cc1. The van der Waals surface area contributed by atoms with Crippen molar-refractivity contribution in [3.8, 4) is 11.3 Å². The number of aryl methyl sites for hydroxylation is 2. The van der Waals surface area contributed by atoms with Gasteiger partial charge in [-0.1, -0.05) is 17.7 Å². The third kappa shape index (κ3) is 3.08. The quantitative estimate of drug-likeness (QED) is 0.469. The highest BCUT2D eigenvalue weighted by Crippen LogP contribution is 2.32. The van der Waals surface area contributed by atoms with Crippen LogP contribution in [0.15, 0.2) is 75.1 Å². The summed E-state index contributed by atoms with van der Waals surface area (Å²) in [6.45, 7) is 1.89. The molecule has 0 spiro atoms. The van der Waals surface area contributed by atoms with Gasteiger partial charge in [0.1, 0.15) is 0 Å². The van der Waals surface area contributed by atoms with Gasteiger partial charge in [-0.05, 0) is 53.2 Å². The zero-order valence-electron chi connectivity index (χ0n) is 15.1. The van der Waals surface area contributed by atoms with Crippen LogP contribution in [0.3, 0.4) is 0 Å². The van der Waals surface area contributed by atoms with E-state index < -0.39 is 10.0 Å². The van der Waals surface area contributed by atoms with Crippen LogP contribution in [0, 0.1) is 6.92 Å². The molecule has 142 valence electrons. The van der Waals surface area contributed by atoms with Crippen molar-refractivity contribution >= 4 is 37.0 Å². The number of aromatic nitrogens is 3. The first-order valence-corrected chi connectivity index (χ1v) is 10.7. The summed E-state index contributed by atoms with van der Waals surface area (Å²) in [5, 5.41) is 0.653. The van der Waals surface area contributed by atoms with Gasteiger partial charge in [0, 0.05) is 40.9 Å². The van der Waals surface area contributed by atoms with Crippen molar-refractivity contribution in [1.29, 1.82) is 0 Å². The predicted octanol–water partition coefficient (Wildman–Crippen LogP) is 3.71. The maximum absolute atomic E-state index is 13.5. The average Bonchev–Trinajstić information content (AvgIpc) is 3.03. The van der Waals surface area contributed by atoms with Crippen LogP contribution < -0.4 is 5.56 Å². The number of hydrogen-bond acceptors (Lipinski definition) is 4. The molecule has 28 heavy (non-hydrogen) atoms. The van der Waals surface area contributed by atoms with Crippen LogP contribution in [0.2, 0.25) is 0 Å². The third-order valence-electron chi connectivity index (χ3n) is 4.52. The monoisotopic (exact) mass is 457 g/mol. The minimum Gasteiger partial charge on any atom is -0.319 e. The lowest BCUT2D eigenvalue weighted by atomic mass is 10.2. The second kappa shape index (κ2) is 6.72. The fraction of sp³-hybridized carbons (Fsp3) is 0.100. The van der Waals surface area contributed by atoms with E-state index in [4.69, 9.17) is 0 Å². The molecule has 4 rings (SSSR count). The number of halogens is 1. The lowest BCUT2D eigenvalue weighted by Crippen LogP contribution is -2.17. The van der Waals surface area contributed by atoms with E-state index in [-0.39, 0.29) is 10.5 Å². The van der Waals surface area contributed by atoms with E-state index in [0.29, 0.717) is 22.3 Å². The summed E-state index contributed by atoms with van der Waals surface area (Å²) in [7, 11) is -2.28. The Kier molecular flexibility index (Phi) is 4.47. The molecule has 0 bridgehead atoms. The number of nitrogens with zero attached hydrogens (tertiary/aromatic N) is 3. The summed E-state index contributed by atoms with van der Waals surface area (Å²) in [6.07, 6.45) is 3.17. The molecule has 1 aromatic carbocycles. The minimum absolute atomic E-state index is 0.158. The lowest BCUT2D eigenvalue weighted by Gasteiger charge is -2.12. The molecule has 3 heterocycles. The molecule has 0 aliphatic heterocycles. The molecule has 4 aromatic rings. The zero-order chi connectivity index (χ0) is 20.1. The van der Waals surface area contributed by atoms with Gasteiger partial charge in [0.25, 0.3) is 15.6 Å². The molecule has 3 aromatic heterocycles. The number of hydrogen-bond donors (Lipinski definition) is 0. The van der Waals surface area contributed by atoms with E-state index in [0.717, 1.165) is 10.0 Å². The first-order chi connectivity index (χ1) is 13.3. The number of pyridine rings is 2. The zero-order valence-corrected chi connectivity index (χ0v) is 17.5. The Hall–Kier alpha value is -2.71.